The molecule has 1 unspecified atom stereocenters. The molecule has 2 atom stereocenters. The molecule has 4 rings (SSSR count). The van der Waals surface area contributed by atoms with Crippen LogP contribution in [0.2, 0.25) is 0 Å². The first-order valence-electron chi connectivity index (χ1n) is 9.41. The smallest absolute Gasteiger partial charge is 0.308 e. The average molecular weight is 453 g/mol. The lowest BCUT2D eigenvalue weighted by Crippen LogP contribution is -2.17. The summed E-state index contributed by atoms with van der Waals surface area (Å²) in [5.41, 5.74) is 4.54. The van der Waals surface area contributed by atoms with E-state index in [1.165, 1.54) is 7.11 Å². The van der Waals surface area contributed by atoms with Crippen molar-refractivity contribution in [2.24, 2.45) is 10.9 Å². The SMILES string of the molecule is COC(=O)C(C)C[C@@H]1N=C(c2ccccn2)c2cc(Br)ccc2-n2c(C)cnc21. The number of aryl methyl sites for hydroxylation is 1. The molecule has 0 aliphatic carbocycles. The second-order valence-corrected chi connectivity index (χ2v) is 8.04. The quantitative estimate of drug-likeness (QED) is 0.549. The normalized spacial score (nSPS) is 16.3. The third kappa shape index (κ3) is 3.62. The summed E-state index contributed by atoms with van der Waals surface area (Å²) in [6.07, 6.45) is 4.10. The topological polar surface area (TPSA) is 69.4 Å². The fraction of sp³-hybridized carbons (Fsp3) is 0.273. The van der Waals surface area contributed by atoms with Crippen LogP contribution in [0, 0.1) is 12.8 Å². The summed E-state index contributed by atoms with van der Waals surface area (Å²) in [7, 11) is 1.41. The van der Waals surface area contributed by atoms with Gasteiger partial charge in [-0.2, -0.15) is 0 Å². The number of aliphatic imine (C=N–C) groups is 1. The highest BCUT2D eigenvalue weighted by atomic mass is 79.9. The number of halogens is 1. The van der Waals surface area contributed by atoms with Crippen LogP contribution in [-0.2, 0) is 9.53 Å². The van der Waals surface area contributed by atoms with Crippen LogP contribution < -0.4 is 0 Å². The van der Waals surface area contributed by atoms with E-state index in [1.807, 2.05) is 44.3 Å². The number of carbonyl (C=O) groups is 1. The summed E-state index contributed by atoms with van der Waals surface area (Å²) in [5.74, 6) is 0.254. The van der Waals surface area contributed by atoms with Crippen molar-refractivity contribution in [3.05, 3.63) is 76.0 Å². The lowest BCUT2D eigenvalue weighted by atomic mass is 10.0. The van der Waals surface area contributed by atoms with Crippen molar-refractivity contribution in [3.8, 4) is 5.69 Å². The van der Waals surface area contributed by atoms with E-state index < -0.39 is 0 Å². The molecular weight excluding hydrogens is 432 g/mol. The number of aromatic nitrogens is 3. The average Bonchev–Trinajstić information content (AvgIpc) is 3.05. The summed E-state index contributed by atoms with van der Waals surface area (Å²) in [6, 6.07) is 11.6. The highest BCUT2D eigenvalue weighted by Crippen LogP contribution is 2.35. The number of ether oxygens (including phenoxy) is 1. The van der Waals surface area contributed by atoms with Crippen LogP contribution in [0.25, 0.3) is 5.69 Å². The number of rotatable bonds is 4. The van der Waals surface area contributed by atoms with Crippen molar-refractivity contribution in [2.45, 2.75) is 26.3 Å². The number of fused-ring (bicyclic) bond motifs is 3. The molecule has 148 valence electrons. The van der Waals surface area contributed by atoms with Gasteiger partial charge in [0.25, 0.3) is 0 Å². The fourth-order valence-corrected chi connectivity index (χ4v) is 4.04. The van der Waals surface area contributed by atoms with E-state index in [2.05, 4.69) is 42.6 Å². The predicted molar refractivity (Wildman–Crippen MR) is 114 cm³/mol. The second kappa shape index (κ2) is 7.91. The van der Waals surface area contributed by atoms with Crippen LogP contribution >= 0.6 is 15.9 Å². The van der Waals surface area contributed by atoms with Crippen molar-refractivity contribution in [1.82, 2.24) is 14.5 Å². The molecule has 1 aliphatic heterocycles. The zero-order chi connectivity index (χ0) is 20.5. The maximum Gasteiger partial charge on any atom is 0.308 e. The van der Waals surface area contributed by atoms with Gasteiger partial charge in [-0.05, 0) is 43.7 Å². The molecule has 1 aliphatic rings. The Morgan fingerprint density at radius 2 is 2.10 bits per heavy atom. The van der Waals surface area contributed by atoms with Crippen molar-refractivity contribution in [3.63, 3.8) is 0 Å². The molecular formula is C22H21BrN4O2. The number of carbonyl (C=O) groups excluding carboxylic acids is 1. The van der Waals surface area contributed by atoms with Gasteiger partial charge in [0.05, 0.1) is 30.1 Å². The van der Waals surface area contributed by atoms with E-state index in [0.717, 1.165) is 38.6 Å². The molecule has 29 heavy (non-hydrogen) atoms. The minimum atomic E-state index is -0.308. The maximum absolute atomic E-state index is 12.1. The molecule has 0 N–H and O–H groups in total. The minimum Gasteiger partial charge on any atom is -0.469 e. The molecule has 3 heterocycles. The highest BCUT2D eigenvalue weighted by Gasteiger charge is 2.30. The number of esters is 1. The standard InChI is InChI=1S/C22H21BrN4O2/c1-13(22(28)29-3)10-18-21-25-12-14(2)27(21)19-8-7-15(23)11-16(19)20(26-18)17-6-4-5-9-24-17/h4-9,11-13,18H,10H2,1-3H3/t13?,18-/m0/s1. The van der Waals surface area contributed by atoms with Gasteiger partial charge >= 0.3 is 5.97 Å². The Kier molecular flexibility index (Phi) is 5.32. The van der Waals surface area contributed by atoms with Gasteiger partial charge in [-0.3, -0.25) is 19.3 Å². The summed E-state index contributed by atoms with van der Waals surface area (Å²) in [5, 5.41) is 0. The summed E-state index contributed by atoms with van der Waals surface area (Å²) < 4.78 is 8.01. The molecule has 1 aromatic carbocycles. The first kappa shape index (κ1) is 19.5. The first-order valence-corrected chi connectivity index (χ1v) is 10.2. The predicted octanol–water partition coefficient (Wildman–Crippen LogP) is 4.43. The number of hydrogen-bond acceptors (Lipinski definition) is 5. The fourth-order valence-electron chi connectivity index (χ4n) is 3.68. The Hall–Kier alpha value is -2.80. The number of benzene rings is 1. The Morgan fingerprint density at radius 3 is 2.83 bits per heavy atom. The summed E-state index contributed by atoms with van der Waals surface area (Å²) in [4.78, 5) is 26.4. The van der Waals surface area contributed by atoms with Crippen LogP contribution in [0.5, 0.6) is 0 Å². The van der Waals surface area contributed by atoms with Gasteiger partial charge in [0, 0.05) is 28.1 Å². The monoisotopic (exact) mass is 452 g/mol. The molecule has 7 heteroatoms. The molecule has 0 fully saturated rings. The van der Waals surface area contributed by atoms with Crippen LogP contribution in [-0.4, -0.2) is 33.3 Å². The Balaban J connectivity index is 1.94. The van der Waals surface area contributed by atoms with E-state index in [0.29, 0.717) is 6.42 Å². The molecule has 0 bridgehead atoms. The van der Waals surface area contributed by atoms with Gasteiger partial charge in [-0.1, -0.05) is 28.9 Å². The van der Waals surface area contributed by atoms with Crippen molar-refractivity contribution >= 4 is 27.6 Å². The van der Waals surface area contributed by atoms with Gasteiger partial charge in [0.1, 0.15) is 11.9 Å². The maximum atomic E-state index is 12.1. The van der Waals surface area contributed by atoms with E-state index in [4.69, 9.17) is 9.73 Å². The summed E-state index contributed by atoms with van der Waals surface area (Å²) >= 11 is 3.59. The second-order valence-electron chi connectivity index (χ2n) is 7.12. The Labute approximate surface area is 177 Å². The van der Waals surface area contributed by atoms with E-state index in [1.54, 1.807) is 6.20 Å². The van der Waals surface area contributed by atoms with Crippen LogP contribution in [0.15, 0.2) is 58.3 Å². The molecule has 0 saturated carbocycles. The van der Waals surface area contributed by atoms with Gasteiger partial charge in [-0.15, -0.1) is 0 Å². The zero-order valence-corrected chi connectivity index (χ0v) is 18.0. The molecule has 6 nitrogen and oxygen atoms in total. The number of methoxy groups -OCH3 is 1. The van der Waals surface area contributed by atoms with Crippen LogP contribution in [0.3, 0.4) is 0 Å². The third-order valence-electron chi connectivity index (χ3n) is 5.09. The van der Waals surface area contributed by atoms with Crippen LogP contribution in [0.4, 0.5) is 0 Å². The van der Waals surface area contributed by atoms with Gasteiger partial charge < -0.3 is 4.74 Å². The molecule has 3 aromatic rings. The summed E-state index contributed by atoms with van der Waals surface area (Å²) in [6.45, 7) is 3.88. The molecule has 0 amide bonds. The zero-order valence-electron chi connectivity index (χ0n) is 16.5. The number of hydrogen-bond donors (Lipinski definition) is 0. The largest absolute Gasteiger partial charge is 0.469 e. The first-order chi connectivity index (χ1) is 14.0. The third-order valence-corrected chi connectivity index (χ3v) is 5.58. The molecule has 2 aromatic heterocycles. The van der Waals surface area contributed by atoms with Crippen molar-refractivity contribution < 1.29 is 9.53 Å². The number of pyridine rings is 1. The molecule has 0 spiro atoms. The Morgan fingerprint density at radius 1 is 1.28 bits per heavy atom. The molecule has 0 saturated heterocycles. The minimum absolute atomic E-state index is 0.251. The van der Waals surface area contributed by atoms with Gasteiger partial charge in [-0.25, -0.2) is 4.98 Å². The van der Waals surface area contributed by atoms with Gasteiger partial charge in [0.15, 0.2) is 0 Å². The van der Waals surface area contributed by atoms with Gasteiger partial charge in [0.2, 0.25) is 0 Å². The Bertz CT molecular complexity index is 1090. The van der Waals surface area contributed by atoms with Crippen molar-refractivity contribution in [2.75, 3.05) is 7.11 Å². The molecule has 0 radical (unpaired) electrons. The van der Waals surface area contributed by atoms with E-state index >= 15 is 0 Å². The van der Waals surface area contributed by atoms with Crippen molar-refractivity contribution in [1.29, 1.82) is 0 Å². The van der Waals surface area contributed by atoms with E-state index in [9.17, 15) is 4.79 Å². The number of nitrogens with zero attached hydrogens (tertiary/aromatic N) is 4. The van der Waals surface area contributed by atoms with E-state index in [-0.39, 0.29) is 17.9 Å². The lowest BCUT2D eigenvalue weighted by molar-refractivity contribution is -0.145. The van der Waals surface area contributed by atoms with Crippen LogP contribution in [0.1, 0.15) is 42.2 Å². The highest BCUT2D eigenvalue weighted by molar-refractivity contribution is 9.10. The lowest BCUT2D eigenvalue weighted by Gasteiger charge is -2.17. The number of imidazole rings is 1.